The Morgan fingerprint density at radius 3 is 1.84 bits per heavy atom. The number of para-hydroxylation sites is 3. The summed E-state index contributed by atoms with van der Waals surface area (Å²) in [5.41, 5.74) is 10.1. The number of hydrogen-bond donors (Lipinski definition) is 0. The zero-order valence-electron chi connectivity index (χ0n) is 29.7. The van der Waals surface area contributed by atoms with Gasteiger partial charge in [0, 0.05) is 17.2 Å². The van der Waals surface area contributed by atoms with E-state index in [0.717, 1.165) is 77.5 Å². The van der Waals surface area contributed by atoms with Crippen molar-refractivity contribution in [1.82, 2.24) is 9.55 Å². The molecular formula is C46H23B7N2. The third-order valence-electron chi connectivity index (χ3n) is 11.3. The number of fused-ring (bicyclic) bond motifs is 6. The summed E-state index contributed by atoms with van der Waals surface area (Å²) in [6.07, 6.45) is 0. The van der Waals surface area contributed by atoms with Crippen LogP contribution in [-0.4, -0.2) is 64.5 Å². The van der Waals surface area contributed by atoms with Crippen LogP contribution in [0.3, 0.4) is 0 Å². The van der Waals surface area contributed by atoms with E-state index in [4.69, 9.17) is 59.9 Å². The smallest absolute Gasteiger partial charge is 0.145 e. The van der Waals surface area contributed by atoms with Gasteiger partial charge in [0.25, 0.3) is 0 Å². The monoisotopic (exact) mass is 680 g/mol. The molecule has 238 valence electrons. The minimum Gasteiger partial charge on any atom is -0.292 e. The predicted octanol–water partition coefficient (Wildman–Crippen LogP) is 3.19. The van der Waals surface area contributed by atoms with Gasteiger partial charge in [-0.05, 0) is 90.2 Å². The lowest BCUT2D eigenvalue weighted by atomic mass is 9.60. The van der Waals surface area contributed by atoms with E-state index in [1.165, 1.54) is 0 Å². The zero-order valence-corrected chi connectivity index (χ0v) is 29.7. The van der Waals surface area contributed by atoms with Crippen molar-refractivity contribution in [1.29, 1.82) is 0 Å². The summed E-state index contributed by atoms with van der Waals surface area (Å²) in [5, 5.41) is 5.57. The molecule has 0 amide bonds. The molecule has 1 heterocycles. The van der Waals surface area contributed by atoms with Crippen LogP contribution in [0.2, 0.25) is 0 Å². The van der Waals surface area contributed by atoms with Crippen LogP contribution in [0.5, 0.6) is 0 Å². The Bertz CT molecular complexity index is 3160. The van der Waals surface area contributed by atoms with Crippen LogP contribution in [0.25, 0.3) is 60.8 Å². The van der Waals surface area contributed by atoms with Gasteiger partial charge in [-0.1, -0.05) is 120 Å². The number of imidazole rings is 1. The zero-order chi connectivity index (χ0) is 37.7. The molecular weight excluding hydrogens is 656 g/mol. The number of aromatic nitrogens is 2. The summed E-state index contributed by atoms with van der Waals surface area (Å²) >= 11 is 0. The fourth-order valence-electron chi connectivity index (χ4n) is 8.70. The lowest BCUT2D eigenvalue weighted by Crippen LogP contribution is -2.66. The van der Waals surface area contributed by atoms with E-state index in [-0.39, 0.29) is 10.9 Å². The van der Waals surface area contributed by atoms with Crippen molar-refractivity contribution in [2.24, 2.45) is 5.92 Å². The van der Waals surface area contributed by atoms with E-state index in [0.29, 0.717) is 37.8 Å². The molecule has 0 aliphatic heterocycles. The van der Waals surface area contributed by atoms with Crippen LogP contribution in [0.15, 0.2) is 155 Å². The van der Waals surface area contributed by atoms with Crippen LogP contribution in [0.4, 0.5) is 0 Å². The molecule has 0 saturated heterocycles. The normalized spacial score (nSPS) is 15.4. The topological polar surface area (TPSA) is 17.8 Å². The minimum absolute atomic E-state index is 0.203. The second-order valence-corrected chi connectivity index (χ2v) is 14.2. The molecule has 55 heavy (non-hydrogen) atoms. The summed E-state index contributed by atoms with van der Waals surface area (Å²) in [7, 11) is 48.2. The number of hydrogen-bond acceptors (Lipinski definition) is 1. The molecule has 0 N–H and O–H groups in total. The Morgan fingerprint density at radius 2 is 1.09 bits per heavy atom. The molecule has 0 bridgehead atoms. The highest BCUT2D eigenvalue weighted by molar-refractivity contribution is 6.62. The molecule has 0 fully saturated rings. The molecule has 8 aromatic rings. The average molecular weight is 679 g/mol. The second-order valence-electron chi connectivity index (χ2n) is 14.2. The number of rotatable bonds is 4. The quantitative estimate of drug-likeness (QED) is 0.207. The summed E-state index contributed by atoms with van der Waals surface area (Å²) in [4.78, 5) is 5.08. The maximum atomic E-state index is 7.06. The first-order chi connectivity index (χ1) is 26.7. The van der Waals surface area contributed by atoms with E-state index in [2.05, 4.69) is 65.2 Å². The first kappa shape index (κ1) is 33.7. The van der Waals surface area contributed by atoms with Gasteiger partial charge in [0.1, 0.15) is 60.7 Å². The van der Waals surface area contributed by atoms with Gasteiger partial charge in [-0.15, -0.1) is 21.9 Å². The van der Waals surface area contributed by atoms with E-state index in [1.807, 2.05) is 72.8 Å². The summed E-state index contributed by atoms with van der Waals surface area (Å²) in [5.74, 6) is 0.249. The lowest BCUT2D eigenvalue weighted by molar-refractivity contribution is 1.01. The van der Waals surface area contributed by atoms with Crippen molar-refractivity contribution in [3.8, 4) is 17.1 Å². The highest BCUT2D eigenvalue weighted by Gasteiger charge is 2.37. The largest absolute Gasteiger partial charge is 0.292 e. The molecule has 1 aromatic heterocycles. The third kappa shape index (κ3) is 4.88. The fourth-order valence-corrected chi connectivity index (χ4v) is 8.70. The van der Waals surface area contributed by atoms with Gasteiger partial charge in [0.2, 0.25) is 0 Å². The van der Waals surface area contributed by atoms with Gasteiger partial charge in [-0.2, -0.15) is 0 Å². The number of benzene rings is 7. The van der Waals surface area contributed by atoms with Gasteiger partial charge in [-0.25, -0.2) is 4.98 Å². The van der Waals surface area contributed by atoms with Crippen LogP contribution < -0.4 is 32.3 Å². The molecule has 0 spiro atoms. The first-order valence-corrected chi connectivity index (χ1v) is 18.0. The van der Waals surface area contributed by atoms with Crippen molar-refractivity contribution < 1.29 is 0 Å². The maximum Gasteiger partial charge on any atom is 0.145 e. The SMILES string of the molecule is [B]C1=C([B])C2C(=C1[B])C(c1ccc(-c3nc4ccccc4n3-c3ccccc3)cc1)=c1c([B])c([B])c([B])c([B])c1=C2c1cc2ccccc2c2ccccc12. The van der Waals surface area contributed by atoms with Crippen LogP contribution in [0, 0.1) is 5.92 Å². The van der Waals surface area contributed by atoms with Crippen molar-refractivity contribution in [3.63, 3.8) is 0 Å². The molecule has 1 atom stereocenters. The Hall–Kier alpha value is -5.80. The fraction of sp³-hybridized carbons (Fsp3) is 0.0217. The number of nitrogens with zero attached hydrogens (tertiary/aromatic N) is 2. The van der Waals surface area contributed by atoms with E-state index < -0.39 is 5.92 Å². The van der Waals surface area contributed by atoms with Gasteiger partial charge < -0.3 is 0 Å². The standard InChI is InChI=1S/C46H23B7N2/c47-39-35-33(23-18-20-24(21-19-23)46-54-31-16-8-9-17-32(31)55(46)26-11-2-1-3-12-26)36-38(42(50)45(53)44(52)40(36)48)34(37(35)41(49)43(39)51)30-22-25-10-4-5-13-27(25)28-14-6-7-15-29(28)30/h1-22,37H. The van der Waals surface area contributed by atoms with E-state index in [1.54, 1.807) is 0 Å². The average Bonchev–Trinajstić information content (AvgIpc) is 3.72. The van der Waals surface area contributed by atoms with Gasteiger partial charge in [-0.3, -0.25) is 4.57 Å². The van der Waals surface area contributed by atoms with Crippen molar-refractivity contribution in [2.45, 2.75) is 0 Å². The van der Waals surface area contributed by atoms with Crippen molar-refractivity contribution in [2.75, 3.05) is 0 Å². The predicted molar refractivity (Wildman–Crippen MR) is 235 cm³/mol. The van der Waals surface area contributed by atoms with Gasteiger partial charge >= 0.3 is 0 Å². The molecule has 1 unspecified atom stereocenters. The highest BCUT2D eigenvalue weighted by atomic mass is 15.1. The lowest BCUT2D eigenvalue weighted by Gasteiger charge is -2.33. The van der Waals surface area contributed by atoms with E-state index >= 15 is 0 Å². The minimum atomic E-state index is -0.557. The van der Waals surface area contributed by atoms with E-state index in [9.17, 15) is 0 Å². The Balaban J connectivity index is 1.31. The summed E-state index contributed by atoms with van der Waals surface area (Å²) < 4.78 is 2.17. The summed E-state index contributed by atoms with van der Waals surface area (Å²) in [6, 6.07) is 45.3. The Labute approximate surface area is 328 Å². The van der Waals surface area contributed by atoms with Crippen LogP contribution >= 0.6 is 0 Å². The second kappa shape index (κ2) is 12.6. The Kier molecular flexibility index (Phi) is 7.75. The molecule has 2 aliphatic carbocycles. The Morgan fingerprint density at radius 1 is 0.491 bits per heavy atom. The molecule has 7 aromatic carbocycles. The highest BCUT2D eigenvalue weighted by Crippen LogP contribution is 2.48. The van der Waals surface area contributed by atoms with Crippen molar-refractivity contribution >= 4 is 120 Å². The molecule has 0 saturated carbocycles. The molecule has 2 nitrogen and oxygen atoms in total. The maximum absolute atomic E-state index is 7.06. The molecule has 9 heteroatoms. The molecule has 2 aliphatic rings. The van der Waals surface area contributed by atoms with Gasteiger partial charge in [0.15, 0.2) is 0 Å². The molecule has 10 rings (SSSR count). The van der Waals surface area contributed by atoms with Crippen LogP contribution in [0.1, 0.15) is 11.1 Å². The number of allylic oxidation sites excluding steroid dienone is 4. The molecule has 14 radical (unpaired) electrons. The summed E-state index contributed by atoms with van der Waals surface area (Å²) in [6.45, 7) is 0. The third-order valence-corrected chi connectivity index (χ3v) is 11.3. The first-order valence-electron chi connectivity index (χ1n) is 18.0. The van der Waals surface area contributed by atoms with Crippen molar-refractivity contribution in [3.05, 3.63) is 177 Å². The van der Waals surface area contributed by atoms with Crippen LogP contribution in [-0.2, 0) is 0 Å². The van der Waals surface area contributed by atoms with Gasteiger partial charge in [0.05, 0.1) is 11.0 Å².